The van der Waals surface area contributed by atoms with Crippen molar-refractivity contribution in [3.05, 3.63) is 0 Å². The zero-order valence-corrected chi connectivity index (χ0v) is 6.28. The van der Waals surface area contributed by atoms with E-state index in [1.54, 1.807) is 0 Å². The molecule has 0 radical (unpaired) electrons. The van der Waals surface area contributed by atoms with Crippen molar-refractivity contribution in [2.75, 3.05) is 0 Å². The molecule has 6 nitrogen and oxygen atoms in total. The summed E-state index contributed by atoms with van der Waals surface area (Å²) in [5, 5.41) is 15.6. The van der Waals surface area contributed by atoms with Gasteiger partial charge in [-0.2, -0.15) is 0 Å². The molecule has 0 aromatic carbocycles. The first-order valence-corrected chi connectivity index (χ1v) is 3.43. The maximum absolute atomic E-state index is 11.0. The summed E-state index contributed by atoms with van der Waals surface area (Å²) in [4.78, 5) is 22.3. The van der Waals surface area contributed by atoms with Crippen LogP contribution in [0.25, 0.3) is 0 Å². The molecule has 4 N–H and O–H groups in total. The lowest BCUT2D eigenvalue weighted by atomic mass is 10.2. The molecule has 1 heterocycles. The largest absolute Gasteiger partial charge is 0.480 e. The summed E-state index contributed by atoms with van der Waals surface area (Å²) in [5.74, 6) is -2.00. The Morgan fingerprint density at radius 3 is 2.67 bits per heavy atom. The SMILES string of the molecule is N=C(N)N1C(=O)CCC1C(=O)O. The molecule has 1 saturated heterocycles. The number of hydrogen-bond donors (Lipinski definition) is 3. The Labute approximate surface area is 68.5 Å². The number of carbonyl (C=O) groups excluding carboxylic acids is 1. The maximum Gasteiger partial charge on any atom is 0.326 e. The topological polar surface area (TPSA) is 107 Å². The van der Waals surface area contributed by atoms with Crippen LogP contribution in [0.4, 0.5) is 0 Å². The van der Waals surface area contributed by atoms with Crippen molar-refractivity contribution in [2.24, 2.45) is 5.73 Å². The van der Waals surface area contributed by atoms with Gasteiger partial charge in [0.1, 0.15) is 6.04 Å². The third-order valence-electron chi connectivity index (χ3n) is 1.76. The van der Waals surface area contributed by atoms with Crippen molar-refractivity contribution in [3.8, 4) is 0 Å². The second-order valence-electron chi connectivity index (χ2n) is 2.54. The molecule has 1 rings (SSSR count). The van der Waals surface area contributed by atoms with Crippen LogP contribution in [0.2, 0.25) is 0 Å². The maximum atomic E-state index is 11.0. The van der Waals surface area contributed by atoms with E-state index in [9.17, 15) is 9.59 Å². The van der Waals surface area contributed by atoms with Crippen LogP contribution in [0.1, 0.15) is 12.8 Å². The van der Waals surface area contributed by atoms with Gasteiger partial charge in [-0.15, -0.1) is 0 Å². The first-order valence-electron chi connectivity index (χ1n) is 3.43. The highest BCUT2D eigenvalue weighted by Gasteiger charge is 2.37. The van der Waals surface area contributed by atoms with E-state index in [2.05, 4.69) is 0 Å². The number of carboxylic acid groups (broad SMARTS) is 1. The molecule has 0 saturated carbocycles. The lowest BCUT2D eigenvalue weighted by Gasteiger charge is -2.18. The van der Waals surface area contributed by atoms with Gasteiger partial charge in [0.2, 0.25) is 5.91 Å². The second kappa shape index (κ2) is 2.80. The lowest BCUT2D eigenvalue weighted by Crippen LogP contribution is -2.46. The molecule has 1 aliphatic heterocycles. The Balaban J connectivity index is 2.84. The molecular formula is C6H9N3O3. The Kier molecular flexibility index (Phi) is 1.99. The molecule has 1 aliphatic rings. The third-order valence-corrected chi connectivity index (χ3v) is 1.76. The van der Waals surface area contributed by atoms with E-state index in [1.807, 2.05) is 0 Å². The molecule has 12 heavy (non-hydrogen) atoms. The molecule has 6 heteroatoms. The van der Waals surface area contributed by atoms with E-state index in [-0.39, 0.29) is 12.8 Å². The molecule has 0 aromatic rings. The van der Waals surface area contributed by atoms with Crippen molar-refractivity contribution in [2.45, 2.75) is 18.9 Å². The van der Waals surface area contributed by atoms with Gasteiger partial charge < -0.3 is 10.8 Å². The summed E-state index contributed by atoms with van der Waals surface area (Å²) in [7, 11) is 0. The van der Waals surface area contributed by atoms with E-state index in [4.69, 9.17) is 16.2 Å². The van der Waals surface area contributed by atoms with Crippen LogP contribution in [0.15, 0.2) is 0 Å². The van der Waals surface area contributed by atoms with E-state index in [1.165, 1.54) is 0 Å². The molecule has 1 amide bonds. The number of nitrogens with one attached hydrogen (secondary N) is 1. The highest BCUT2D eigenvalue weighted by molar-refractivity contribution is 6.01. The first kappa shape index (κ1) is 8.51. The summed E-state index contributed by atoms with van der Waals surface area (Å²) in [5.41, 5.74) is 5.04. The van der Waals surface area contributed by atoms with Gasteiger partial charge in [-0.3, -0.25) is 15.1 Å². The zero-order chi connectivity index (χ0) is 9.30. The van der Waals surface area contributed by atoms with Gasteiger partial charge in [-0.25, -0.2) is 4.79 Å². The number of carboxylic acids is 1. The van der Waals surface area contributed by atoms with Crippen molar-refractivity contribution in [3.63, 3.8) is 0 Å². The third kappa shape index (κ3) is 1.23. The lowest BCUT2D eigenvalue weighted by molar-refractivity contribution is -0.143. The molecular weight excluding hydrogens is 162 g/mol. The number of carbonyl (C=O) groups is 2. The number of amides is 1. The van der Waals surface area contributed by atoms with Gasteiger partial charge in [-0.05, 0) is 6.42 Å². The van der Waals surface area contributed by atoms with Crippen molar-refractivity contribution in [1.29, 1.82) is 5.41 Å². The molecule has 1 fully saturated rings. The quantitative estimate of drug-likeness (QED) is 0.345. The van der Waals surface area contributed by atoms with Gasteiger partial charge in [0, 0.05) is 6.42 Å². The fourth-order valence-corrected chi connectivity index (χ4v) is 1.22. The van der Waals surface area contributed by atoms with Crippen molar-refractivity contribution >= 4 is 17.8 Å². The first-order chi connectivity index (χ1) is 5.54. The van der Waals surface area contributed by atoms with Crippen LogP contribution in [-0.2, 0) is 9.59 Å². The molecule has 0 bridgehead atoms. The van der Waals surface area contributed by atoms with E-state index < -0.39 is 23.9 Å². The molecule has 1 atom stereocenters. The zero-order valence-electron chi connectivity index (χ0n) is 6.28. The fraction of sp³-hybridized carbons (Fsp3) is 0.500. The van der Waals surface area contributed by atoms with Gasteiger partial charge in [-0.1, -0.05) is 0 Å². The van der Waals surface area contributed by atoms with E-state index >= 15 is 0 Å². The number of nitrogens with two attached hydrogens (primary N) is 1. The van der Waals surface area contributed by atoms with Crippen LogP contribution >= 0.6 is 0 Å². The van der Waals surface area contributed by atoms with Gasteiger partial charge in [0.25, 0.3) is 0 Å². The second-order valence-corrected chi connectivity index (χ2v) is 2.54. The average Bonchev–Trinajstić information content (AvgIpc) is 2.30. The van der Waals surface area contributed by atoms with Crippen LogP contribution < -0.4 is 5.73 Å². The number of nitrogens with zero attached hydrogens (tertiary/aromatic N) is 1. The van der Waals surface area contributed by atoms with Crippen molar-refractivity contribution in [1.82, 2.24) is 4.90 Å². The standard InChI is InChI=1S/C6H9N3O3/c7-6(8)9-3(5(11)12)1-2-4(9)10/h3H,1-2H2,(H3,7,8)(H,11,12). The highest BCUT2D eigenvalue weighted by atomic mass is 16.4. The molecule has 1 unspecified atom stereocenters. The van der Waals surface area contributed by atoms with E-state index in [0.29, 0.717) is 0 Å². The Morgan fingerprint density at radius 1 is 1.75 bits per heavy atom. The van der Waals surface area contributed by atoms with Crippen LogP contribution in [0.3, 0.4) is 0 Å². The summed E-state index contributed by atoms with van der Waals surface area (Å²) in [6.45, 7) is 0. The minimum absolute atomic E-state index is 0.149. The Morgan fingerprint density at radius 2 is 2.33 bits per heavy atom. The Bertz CT molecular complexity index is 250. The molecule has 0 aliphatic carbocycles. The predicted octanol–water partition coefficient (Wildman–Crippen LogP) is -1.04. The Hall–Kier alpha value is -1.59. The van der Waals surface area contributed by atoms with Crippen LogP contribution in [0, 0.1) is 5.41 Å². The molecule has 0 aromatic heterocycles. The normalized spacial score (nSPS) is 22.8. The van der Waals surface area contributed by atoms with E-state index in [0.717, 1.165) is 4.90 Å². The molecule has 66 valence electrons. The number of hydrogen-bond acceptors (Lipinski definition) is 3. The summed E-state index contributed by atoms with van der Waals surface area (Å²) < 4.78 is 0. The molecule has 0 spiro atoms. The summed E-state index contributed by atoms with van der Waals surface area (Å²) >= 11 is 0. The number of rotatable bonds is 1. The van der Waals surface area contributed by atoms with Gasteiger partial charge >= 0.3 is 5.97 Å². The van der Waals surface area contributed by atoms with Crippen molar-refractivity contribution < 1.29 is 14.7 Å². The van der Waals surface area contributed by atoms with Gasteiger partial charge in [0.15, 0.2) is 5.96 Å². The summed E-state index contributed by atoms with van der Waals surface area (Å²) in [6, 6.07) is -0.949. The fourth-order valence-electron chi connectivity index (χ4n) is 1.22. The number of likely N-dealkylation sites (tertiary alicyclic amines) is 1. The smallest absolute Gasteiger partial charge is 0.326 e. The van der Waals surface area contributed by atoms with Crippen LogP contribution in [-0.4, -0.2) is 33.9 Å². The monoisotopic (exact) mass is 171 g/mol. The average molecular weight is 171 g/mol. The minimum atomic E-state index is -1.11. The van der Waals surface area contributed by atoms with Crippen LogP contribution in [0.5, 0.6) is 0 Å². The van der Waals surface area contributed by atoms with Gasteiger partial charge in [0.05, 0.1) is 0 Å². The highest BCUT2D eigenvalue weighted by Crippen LogP contribution is 2.17. The predicted molar refractivity (Wildman–Crippen MR) is 39.4 cm³/mol. The number of guanidine groups is 1. The minimum Gasteiger partial charge on any atom is -0.480 e. The summed E-state index contributed by atoms with van der Waals surface area (Å²) in [6.07, 6.45) is 0.379. The number of aliphatic carboxylic acids is 1.